The summed E-state index contributed by atoms with van der Waals surface area (Å²) in [6.45, 7) is 2.01. The topological polar surface area (TPSA) is 139 Å². The van der Waals surface area contributed by atoms with Crippen LogP contribution in [0.5, 0.6) is 0 Å². The Morgan fingerprint density at radius 2 is 1.88 bits per heavy atom. The van der Waals surface area contributed by atoms with Crippen molar-refractivity contribution in [2.24, 2.45) is 17.4 Å². The van der Waals surface area contributed by atoms with Crippen LogP contribution in [0.4, 0.5) is 0 Å². The molecule has 128 valence electrons. The van der Waals surface area contributed by atoms with E-state index in [1.54, 1.807) is 17.5 Å². The fourth-order valence-corrected chi connectivity index (χ4v) is 4.17. The van der Waals surface area contributed by atoms with Gasteiger partial charge in [0.2, 0.25) is 0 Å². The van der Waals surface area contributed by atoms with Crippen LogP contribution in [0.15, 0.2) is 35.8 Å². The Kier molecular flexibility index (Phi) is 6.38. The lowest BCUT2D eigenvalue weighted by molar-refractivity contribution is 1.18. The Hall–Kier alpha value is -2.57. The molecule has 7 N–H and O–H groups in total. The second-order valence-electron chi connectivity index (χ2n) is 4.90. The van der Waals surface area contributed by atoms with Crippen LogP contribution in [0.2, 0.25) is 0 Å². The van der Waals surface area contributed by atoms with Gasteiger partial charge in [0.25, 0.3) is 0 Å². The monoisotopic (exact) mass is 370 g/mol. The zero-order valence-corrected chi connectivity index (χ0v) is 15.2. The maximum atomic E-state index is 9.53. The minimum Gasteiger partial charge on any atom is -0.383 e. The molecule has 2 heterocycles. The maximum Gasteiger partial charge on any atom is 0.133 e. The summed E-state index contributed by atoms with van der Waals surface area (Å²) in [5.74, 6) is 8.00. The molecule has 8 heteroatoms. The third-order valence-corrected chi connectivity index (χ3v) is 5.70. The fourth-order valence-electron chi connectivity index (χ4n) is 2.46. The number of benzene rings is 1. The Morgan fingerprint density at radius 1 is 1.24 bits per heavy atom. The van der Waals surface area contributed by atoms with E-state index in [4.69, 9.17) is 11.1 Å². The number of nitrogens with one attached hydrogen (secondary N) is 1. The predicted octanol–water partition coefficient (Wildman–Crippen LogP) is 3.08. The van der Waals surface area contributed by atoms with E-state index < -0.39 is 0 Å². The average molecular weight is 371 g/mol. The van der Waals surface area contributed by atoms with E-state index in [0.717, 1.165) is 33.0 Å². The molecule has 3 aromatic rings. The van der Waals surface area contributed by atoms with E-state index in [0.29, 0.717) is 10.4 Å². The van der Waals surface area contributed by atoms with Crippen LogP contribution in [-0.2, 0) is 6.42 Å². The molecule has 1 aromatic carbocycles. The summed E-state index contributed by atoms with van der Waals surface area (Å²) < 4.78 is 0. The van der Waals surface area contributed by atoms with Crippen LogP contribution in [0.1, 0.15) is 22.2 Å². The largest absolute Gasteiger partial charge is 0.383 e. The number of thiophene rings is 1. The van der Waals surface area contributed by atoms with Gasteiger partial charge in [0, 0.05) is 27.6 Å². The Bertz CT molecular complexity index is 889. The van der Waals surface area contributed by atoms with Crippen molar-refractivity contribution in [2.45, 2.75) is 13.3 Å². The van der Waals surface area contributed by atoms with Crippen molar-refractivity contribution in [3.8, 4) is 27.8 Å². The van der Waals surface area contributed by atoms with E-state index in [1.165, 1.54) is 11.3 Å². The van der Waals surface area contributed by atoms with Gasteiger partial charge < -0.3 is 5.73 Å². The Balaban J connectivity index is 0.00000109. The van der Waals surface area contributed by atoms with Gasteiger partial charge in [0.15, 0.2) is 0 Å². The molecular formula is C17H18N6S2. The van der Waals surface area contributed by atoms with Crippen molar-refractivity contribution in [3.63, 3.8) is 0 Å². The number of nitrogens with two attached hydrogens (primary N) is 3. The molecular weight excluding hydrogens is 352 g/mol. The van der Waals surface area contributed by atoms with E-state index in [9.17, 15) is 5.26 Å². The summed E-state index contributed by atoms with van der Waals surface area (Å²) in [5.41, 5.74) is 9.07. The second kappa shape index (κ2) is 8.50. The summed E-state index contributed by atoms with van der Waals surface area (Å²) in [4.78, 5) is 5.94. The van der Waals surface area contributed by atoms with Crippen molar-refractivity contribution < 1.29 is 0 Å². The third kappa shape index (κ3) is 3.75. The van der Waals surface area contributed by atoms with Crippen LogP contribution in [-0.4, -0.2) is 10.8 Å². The van der Waals surface area contributed by atoms with E-state index in [2.05, 4.69) is 22.7 Å². The molecule has 0 aliphatic carbocycles. The molecule has 25 heavy (non-hydrogen) atoms. The van der Waals surface area contributed by atoms with E-state index in [-0.39, 0.29) is 5.84 Å². The number of thiazole rings is 1. The molecule has 0 aliphatic heterocycles. The zero-order chi connectivity index (χ0) is 18.4. The van der Waals surface area contributed by atoms with Gasteiger partial charge in [-0.3, -0.25) is 17.1 Å². The van der Waals surface area contributed by atoms with Crippen LogP contribution in [0, 0.1) is 16.7 Å². The molecule has 0 atom stereocenters. The van der Waals surface area contributed by atoms with Crippen molar-refractivity contribution in [1.29, 1.82) is 10.7 Å². The van der Waals surface area contributed by atoms with Gasteiger partial charge in [-0.05, 0) is 12.0 Å². The lowest BCUT2D eigenvalue weighted by Crippen LogP contribution is -2.10. The number of hydrogen-bond donors (Lipinski definition) is 4. The number of aryl methyl sites for hydroxylation is 1. The molecule has 0 saturated carbocycles. The van der Waals surface area contributed by atoms with Gasteiger partial charge in [0.05, 0.1) is 10.4 Å². The van der Waals surface area contributed by atoms with E-state index >= 15 is 0 Å². The molecule has 0 radical (unpaired) electrons. The standard InChI is InChI=1S/C17H14N4S2.H4N2/c1-2-13-12(9-18)14(15(23-13)16(19)20)10-3-5-11(6-4-10)17-21-7-8-22-17;1-2/h3-8H,2H2,1H3,(H3,19,20);1-2H2. The summed E-state index contributed by atoms with van der Waals surface area (Å²) in [6, 6.07) is 10.2. The zero-order valence-electron chi connectivity index (χ0n) is 13.6. The van der Waals surface area contributed by atoms with Gasteiger partial charge in [-0.15, -0.1) is 22.7 Å². The van der Waals surface area contributed by atoms with Crippen LogP contribution < -0.4 is 17.4 Å². The number of nitrogen functional groups attached to an aromatic ring is 1. The molecule has 3 rings (SSSR count). The molecule has 6 nitrogen and oxygen atoms in total. The van der Waals surface area contributed by atoms with Gasteiger partial charge in [-0.1, -0.05) is 31.2 Å². The first-order valence-corrected chi connectivity index (χ1v) is 9.09. The highest BCUT2D eigenvalue weighted by Crippen LogP contribution is 2.37. The third-order valence-electron chi connectivity index (χ3n) is 3.51. The molecule has 0 aliphatic rings. The fraction of sp³-hybridized carbons (Fsp3) is 0.118. The predicted molar refractivity (Wildman–Crippen MR) is 104 cm³/mol. The van der Waals surface area contributed by atoms with Crippen molar-refractivity contribution in [2.75, 3.05) is 0 Å². The molecule has 0 unspecified atom stereocenters. The van der Waals surface area contributed by atoms with Gasteiger partial charge in [-0.2, -0.15) is 5.26 Å². The smallest absolute Gasteiger partial charge is 0.133 e. The van der Waals surface area contributed by atoms with Crippen molar-refractivity contribution >= 4 is 28.5 Å². The number of hydrogen-bond acceptors (Lipinski definition) is 7. The van der Waals surface area contributed by atoms with E-state index in [1.807, 2.05) is 36.6 Å². The highest BCUT2D eigenvalue weighted by molar-refractivity contribution is 7.15. The maximum absolute atomic E-state index is 9.53. The lowest BCUT2D eigenvalue weighted by Gasteiger charge is -2.05. The van der Waals surface area contributed by atoms with Gasteiger partial charge in [-0.25, -0.2) is 4.98 Å². The van der Waals surface area contributed by atoms with Gasteiger partial charge in [0.1, 0.15) is 16.9 Å². The number of amidine groups is 1. The summed E-state index contributed by atoms with van der Waals surface area (Å²) >= 11 is 3.02. The summed E-state index contributed by atoms with van der Waals surface area (Å²) in [6.07, 6.45) is 2.53. The van der Waals surface area contributed by atoms with Crippen molar-refractivity contribution in [3.05, 3.63) is 51.2 Å². The number of rotatable bonds is 4. The number of hydrazine groups is 1. The average Bonchev–Trinajstić information content (AvgIpc) is 3.31. The highest BCUT2D eigenvalue weighted by atomic mass is 32.1. The second-order valence-corrected chi connectivity index (χ2v) is 6.90. The normalized spacial score (nSPS) is 9.84. The molecule has 0 spiro atoms. The number of aromatic nitrogens is 1. The highest BCUT2D eigenvalue weighted by Gasteiger charge is 2.20. The van der Waals surface area contributed by atoms with Crippen LogP contribution in [0.3, 0.4) is 0 Å². The molecule has 0 bridgehead atoms. The molecule has 0 fully saturated rings. The Labute approximate surface area is 154 Å². The van der Waals surface area contributed by atoms with Crippen molar-refractivity contribution in [1.82, 2.24) is 4.98 Å². The quantitative estimate of drug-likeness (QED) is 0.242. The number of nitrogens with zero attached hydrogens (tertiary/aromatic N) is 2. The number of nitriles is 1. The first-order valence-electron chi connectivity index (χ1n) is 7.39. The lowest BCUT2D eigenvalue weighted by atomic mass is 9.98. The minimum absolute atomic E-state index is 0.00481. The molecule has 0 saturated heterocycles. The molecule has 2 aromatic heterocycles. The first kappa shape index (κ1) is 18.8. The Morgan fingerprint density at radius 3 is 2.36 bits per heavy atom. The van der Waals surface area contributed by atoms with Crippen LogP contribution >= 0.6 is 22.7 Å². The van der Waals surface area contributed by atoms with Gasteiger partial charge >= 0.3 is 0 Å². The van der Waals surface area contributed by atoms with Crippen LogP contribution in [0.25, 0.3) is 21.7 Å². The SMILES string of the molecule is CCc1sc(C(=N)N)c(-c2ccc(-c3nccs3)cc2)c1C#N.NN. The molecule has 0 amide bonds. The minimum atomic E-state index is 0.00481. The first-order chi connectivity index (χ1) is 12.2. The summed E-state index contributed by atoms with van der Waals surface area (Å²) in [5, 5.41) is 20.2. The summed E-state index contributed by atoms with van der Waals surface area (Å²) in [7, 11) is 0.